The molecule has 98 valence electrons. The maximum Gasteiger partial charge on any atom is 0.330 e. The van der Waals surface area contributed by atoms with Crippen molar-refractivity contribution in [3.05, 3.63) is 30.1 Å². The van der Waals surface area contributed by atoms with Crippen LogP contribution in [0.2, 0.25) is 0 Å². The first kappa shape index (κ1) is 12.8. The highest BCUT2D eigenvalue weighted by Crippen LogP contribution is 2.29. The van der Waals surface area contributed by atoms with Gasteiger partial charge in [-0.15, -0.1) is 0 Å². The van der Waals surface area contributed by atoms with Crippen LogP contribution in [0.4, 0.5) is 10.1 Å². The molecule has 1 heterocycles. The van der Waals surface area contributed by atoms with E-state index in [9.17, 15) is 22.7 Å². The third-order valence-corrected chi connectivity index (χ3v) is 4.72. The summed E-state index contributed by atoms with van der Waals surface area (Å²) in [7, 11) is -3.40. The minimum atomic E-state index is -3.40. The van der Waals surface area contributed by atoms with Crippen molar-refractivity contribution in [1.82, 2.24) is 0 Å². The summed E-state index contributed by atoms with van der Waals surface area (Å²) >= 11 is 0. The summed E-state index contributed by atoms with van der Waals surface area (Å²) in [6.07, 6.45) is -0.0704. The predicted octanol–water partition coefficient (Wildman–Crippen LogP) is 0.879. The number of sulfone groups is 1. The molecule has 5 nitrogen and oxygen atoms in total. The van der Waals surface area contributed by atoms with E-state index in [1.165, 1.54) is 18.2 Å². The Labute approximate surface area is 104 Å². The second kappa shape index (κ2) is 4.24. The van der Waals surface area contributed by atoms with Crippen molar-refractivity contribution in [2.45, 2.75) is 12.0 Å². The molecule has 18 heavy (non-hydrogen) atoms. The summed E-state index contributed by atoms with van der Waals surface area (Å²) in [5.41, 5.74) is -1.64. The Morgan fingerprint density at radius 2 is 2.06 bits per heavy atom. The lowest BCUT2D eigenvalue weighted by atomic mass is 9.98. The number of aliphatic carboxylic acids is 1. The summed E-state index contributed by atoms with van der Waals surface area (Å²) in [6.45, 7) is 0. The maximum atomic E-state index is 13.5. The average molecular weight is 273 g/mol. The van der Waals surface area contributed by atoms with Crippen molar-refractivity contribution in [2.24, 2.45) is 0 Å². The molecule has 0 bridgehead atoms. The third kappa shape index (κ3) is 2.31. The first-order chi connectivity index (χ1) is 8.35. The van der Waals surface area contributed by atoms with E-state index in [0.717, 1.165) is 0 Å². The zero-order chi connectivity index (χ0) is 13.4. The second-order valence-electron chi connectivity index (χ2n) is 4.33. The molecule has 0 spiro atoms. The van der Waals surface area contributed by atoms with Gasteiger partial charge in [-0.2, -0.15) is 0 Å². The highest BCUT2D eigenvalue weighted by atomic mass is 32.2. The molecular formula is C11H12FNO4S. The topological polar surface area (TPSA) is 83.5 Å². The summed E-state index contributed by atoms with van der Waals surface area (Å²) in [6, 6.07) is 5.58. The van der Waals surface area contributed by atoms with E-state index in [-0.39, 0.29) is 17.9 Å². The molecule has 0 radical (unpaired) electrons. The number of nitrogens with one attached hydrogen (secondary N) is 1. The monoisotopic (exact) mass is 273 g/mol. The molecule has 0 amide bonds. The molecule has 0 aliphatic carbocycles. The normalized spacial score (nSPS) is 25.8. The maximum absolute atomic E-state index is 13.5. The molecule has 1 aliphatic rings. The van der Waals surface area contributed by atoms with Crippen LogP contribution < -0.4 is 5.32 Å². The molecule has 1 unspecified atom stereocenters. The number of carbonyl (C=O) groups is 1. The lowest BCUT2D eigenvalue weighted by Gasteiger charge is -2.25. The van der Waals surface area contributed by atoms with Crippen LogP contribution in [0.25, 0.3) is 0 Å². The van der Waals surface area contributed by atoms with Crippen LogP contribution in [0.3, 0.4) is 0 Å². The van der Waals surface area contributed by atoms with Crippen LogP contribution >= 0.6 is 0 Å². The first-order valence-electron chi connectivity index (χ1n) is 5.31. The summed E-state index contributed by atoms with van der Waals surface area (Å²) in [5.74, 6) is -2.63. The van der Waals surface area contributed by atoms with E-state index >= 15 is 0 Å². The van der Waals surface area contributed by atoms with Gasteiger partial charge in [0.1, 0.15) is 5.82 Å². The molecule has 7 heteroatoms. The Balaban J connectivity index is 2.35. The number of rotatable bonds is 3. The van der Waals surface area contributed by atoms with Crippen LogP contribution in [0.15, 0.2) is 24.3 Å². The van der Waals surface area contributed by atoms with E-state index in [1.54, 1.807) is 6.07 Å². The number of halogens is 1. The van der Waals surface area contributed by atoms with Gasteiger partial charge in [0, 0.05) is 0 Å². The zero-order valence-electron chi connectivity index (χ0n) is 9.39. The Morgan fingerprint density at radius 3 is 2.56 bits per heavy atom. The number of anilines is 1. The standard InChI is InChI=1S/C11H12FNO4S/c12-8-3-1-2-4-9(8)13-11(10(14)15)5-6-18(16,17)7-11/h1-4,13H,5-7H2,(H,14,15). The van der Waals surface area contributed by atoms with Crippen molar-refractivity contribution >= 4 is 21.5 Å². The highest BCUT2D eigenvalue weighted by Gasteiger charge is 2.48. The van der Waals surface area contributed by atoms with Crippen LogP contribution in [0, 0.1) is 5.82 Å². The molecule has 1 aromatic rings. The number of para-hydroxylation sites is 1. The van der Waals surface area contributed by atoms with Crippen molar-refractivity contribution in [3.8, 4) is 0 Å². The fourth-order valence-electron chi connectivity index (χ4n) is 1.99. The molecule has 1 saturated heterocycles. The van der Waals surface area contributed by atoms with Crippen LogP contribution in [0.5, 0.6) is 0 Å². The van der Waals surface area contributed by atoms with E-state index in [1.807, 2.05) is 0 Å². The molecule has 0 saturated carbocycles. The van der Waals surface area contributed by atoms with Crippen LogP contribution in [0.1, 0.15) is 6.42 Å². The lowest BCUT2D eigenvalue weighted by Crippen LogP contribution is -2.47. The van der Waals surface area contributed by atoms with Gasteiger partial charge in [-0.25, -0.2) is 17.6 Å². The first-order valence-corrected chi connectivity index (χ1v) is 7.13. The van der Waals surface area contributed by atoms with Crippen molar-refractivity contribution in [3.63, 3.8) is 0 Å². The van der Waals surface area contributed by atoms with Gasteiger partial charge < -0.3 is 10.4 Å². The average Bonchev–Trinajstić information content (AvgIpc) is 2.59. The molecule has 0 aromatic heterocycles. The number of carboxylic acids is 1. The van der Waals surface area contributed by atoms with Gasteiger partial charge in [-0.1, -0.05) is 12.1 Å². The quantitative estimate of drug-likeness (QED) is 0.854. The van der Waals surface area contributed by atoms with Crippen molar-refractivity contribution < 1.29 is 22.7 Å². The lowest BCUT2D eigenvalue weighted by molar-refractivity contribution is -0.141. The Kier molecular flexibility index (Phi) is 3.02. The number of carboxylic acid groups (broad SMARTS) is 1. The van der Waals surface area contributed by atoms with E-state index in [2.05, 4.69) is 5.32 Å². The highest BCUT2D eigenvalue weighted by molar-refractivity contribution is 7.91. The Morgan fingerprint density at radius 1 is 1.39 bits per heavy atom. The SMILES string of the molecule is O=C(O)C1(Nc2ccccc2F)CCS(=O)(=O)C1. The van der Waals surface area contributed by atoms with Gasteiger partial charge in [0.25, 0.3) is 0 Å². The molecular weight excluding hydrogens is 261 g/mol. The Bertz CT molecular complexity index is 586. The van der Waals surface area contributed by atoms with Crippen LogP contribution in [-0.4, -0.2) is 36.5 Å². The third-order valence-electron chi connectivity index (χ3n) is 2.96. The minimum absolute atomic E-state index is 0.00278. The summed E-state index contributed by atoms with van der Waals surface area (Å²) in [4.78, 5) is 11.3. The van der Waals surface area contributed by atoms with Gasteiger partial charge in [-0.3, -0.25) is 0 Å². The molecule has 2 rings (SSSR count). The molecule has 1 fully saturated rings. The minimum Gasteiger partial charge on any atom is -0.479 e. The van der Waals surface area contributed by atoms with E-state index in [0.29, 0.717) is 0 Å². The summed E-state index contributed by atoms with van der Waals surface area (Å²) in [5, 5.41) is 11.7. The molecule has 1 aromatic carbocycles. The fraction of sp³-hybridized carbons (Fsp3) is 0.364. The van der Waals surface area contributed by atoms with Crippen LogP contribution in [-0.2, 0) is 14.6 Å². The zero-order valence-corrected chi connectivity index (χ0v) is 10.2. The summed E-state index contributed by atoms with van der Waals surface area (Å²) < 4.78 is 36.3. The van der Waals surface area contributed by atoms with Gasteiger partial charge in [0.2, 0.25) is 0 Å². The smallest absolute Gasteiger partial charge is 0.330 e. The van der Waals surface area contributed by atoms with Gasteiger partial charge in [0.15, 0.2) is 15.4 Å². The van der Waals surface area contributed by atoms with Gasteiger partial charge >= 0.3 is 5.97 Å². The largest absolute Gasteiger partial charge is 0.479 e. The number of hydrogen-bond donors (Lipinski definition) is 2. The molecule has 2 N–H and O–H groups in total. The second-order valence-corrected chi connectivity index (χ2v) is 6.52. The van der Waals surface area contributed by atoms with E-state index in [4.69, 9.17) is 0 Å². The Hall–Kier alpha value is -1.63. The van der Waals surface area contributed by atoms with Gasteiger partial charge in [0.05, 0.1) is 17.2 Å². The van der Waals surface area contributed by atoms with Gasteiger partial charge in [-0.05, 0) is 18.6 Å². The van der Waals surface area contributed by atoms with Crippen molar-refractivity contribution in [2.75, 3.05) is 16.8 Å². The molecule has 1 atom stereocenters. The van der Waals surface area contributed by atoms with Crippen molar-refractivity contribution in [1.29, 1.82) is 0 Å². The molecule has 1 aliphatic heterocycles. The predicted molar refractivity (Wildman–Crippen MR) is 63.7 cm³/mol. The van der Waals surface area contributed by atoms with E-state index < -0.39 is 32.9 Å². The number of benzene rings is 1. The number of hydrogen-bond acceptors (Lipinski definition) is 4. The fourth-order valence-corrected chi connectivity index (χ4v) is 3.89.